The van der Waals surface area contributed by atoms with Crippen molar-refractivity contribution in [2.45, 2.75) is 408 Å². The van der Waals surface area contributed by atoms with Gasteiger partial charge in [0.1, 0.15) is 19.3 Å². The van der Waals surface area contributed by atoms with Crippen LogP contribution in [0.2, 0.25) is 0 Å². The molecule has 0 bridgehead atoms. The third-order valence-electron chi connectivity index (χ3n) is 18.2. The summed E-state index contributed by atoms with van der Waals surface area (Å²) in [5.74, 6) is 0.898. The van der Waals surface area contributed by atoms with Crippen LogP contribution in [0.5, 0.6) is 0 Å². The molecule has 0 saturated carbocycles. The minimum absolute atomic E-state index is 0.102. The van der Waals surface area contributed by atoms with Crippen LogP contribution in [0.1, 0.15) is 389 Å². The Kier molecular flexibility index (Phi) is 65.0. The summed E-state index contributed by atoms with van der Waals surface area (Å²) >= 11 is 0. The summed E-state index contributed by atoms with van der Waals surface area (Å²) < 4.78 is 68.4. The molecule has 0 amide bonds. The maximum Gasteiger partial charge on any atom is 0.472 e. The summed E-state index contributed by atoms with van der Waals surface area (Å²) in [5, 5.41) is 10.6. The van der Waals surface area contributed by atoms with Gasteiger partial charge >= 0.3 is 39.5 Å². The number of esters is 4. The molecule has 0 radical (unpaired) electrons. The molecule has 0 aromatic carbocycles. The number of carbonyl (C=O) groups is 4. The Morgan fingerprint density at radius 2 is 0.500 bits per heavy atom. The van der Waals surface area contributed by atoms with Gasteiger partial charge in [-0.15, -0.1) is 0 Å². The molecular formula is C77H150O17P2. The highest BCUT2D eigenvalue weighted by Crippen LogP contribution is 2.45. The zero-order valence-corrected chi connectivity index (χ0v) is 64.8. The van der Waals surface area contributed by atoms with Crippen molar-refractivity contribution in [2.75, 3.05) is 39.6 Å². The number of aliphatic hydroxyl groups is 1. The molecular weight excluding hydrogens is 1260 g/mol. The number of unbranched alkanes of at least 4 members (excludes halogenated alkanes) is 39. The zero-order chi connectivity index (χ0) is 71.0. The zero-order valence-electron chi connectivity index (χ0n) is 63.0. The van der Waals surface area contributed by atoms with E-state index >= 15 is 0 Å². The lowest BCUT2D eigenvalue weighted by Crippen LogP contribution is -2.30. The van der Waals surface area contributed by atoms with Gasteiger partial charge in [0.25, 0.3) is 0 Å². The Morgan fingerprint density at radius 1 is 0.292 bits per heavy atom. The van der Waals surface area contributed by atoms with Gasteiger partial charge in [0.05, 0.1) is 26.4 Å². The molecule has 0 saturated heterocycles. The first kappa shape index (κ1) is 94.1. The molecule has 17 nitrogen and oxygen atoms in total. The molecule has 96 heavy (non-hydrogen) atoms. The van der Waals surface area contributed by atoms with Crippen molar-refractivity contribution in [3.63, 3.8) is 0 Å². The average Bonchev–Trinajstić information content (AvgIpc) is 2.12. The highest BCUT2D eigenvalue weighted by molar-refractivity contribution is 7.47. The van der Waals surface area contributed by atoms with Crippen molar-refractivity contribution in [1.82, 2.24) is 0 Å². The predicted molar refractivity (Wildman–Crippen MR) is 391 cm³/mol. The van der Waals surface area contributed by atoms with Crippen molar-refractivity contribution in [1.29, 1.82) is 0 Å². The fourth-order valence-corrected chi connectivity index (χ4v) is 13.3. The average molecular weight is 1410 g/mol. The highest BCUT2D eigenvalue weighted by atomic mass is 31.2. The quantitative estimate of drug-likeness (QED) is 0.0222. The van der Waals surface area contributed by atoms with Crippen molar-refractivity contribution in [3.05, 3.63) is 0 Å². The standard InChI is InChI=1S/C77H150O17P2/c1-9-70(8)56-48-40-31-25-21-16-14-12-10-11-13-15-17-22-26-32-41-49-57-74(79)87-64-73(94-77(82)60-52-44-36-35-39-47-55-69(6)7)66-92-96(85,86)90-62-71(78)61-89-95(83,84)91-65-72(63-88-75(80)58-50-42-34-28-30-38-46-54-68(4)5)93-76(81)59-51-43-33-27-23-19-18-20-24-29-37-45-53-67(2)3/h67-73,78H,9-66H2,1-8H3,(H,83,84)(H,85,86)/t70?,71?,72-,73-/m1/s1. The third-order valence-corrected chi connectivity index (χ3v) is 20.1. The number of aliphatic hydroxyl groups excluding tert-OH is 1. The van der Waals surface area contributed by atoms with E-state index in [2.05, 4.69) is 55.4 Å². The van der Waals surface area contributed by atoms with Gasteiger partial charge in [0.15, 0.2) is 12.2 Å². The molecule has 6 atom stereocenters. The summed E-state index contributed by atoms with van der Waals surface area (Å²) in [7, 11) is -9.91. The first-order chi connectivity index (χ1) is 46.1. The van der Waals surface area contributed by atoms with Crippen LogP contribution >= 0.6 is 15.6 Å². The molecule has 0 aromatic heterocycles. The second-order valence-corrected chi connectivity index (χ2v) is 32.3. The highest BCUT2D eigenvalue weighted by Gasteiger charge is 2.30. The number of hydrogen-bond acceptors (Lipinski definition) is 15. The van der Waals surface area contributed by atoms with Crippen LogP contribution in [-0.4, -0.2) is 96.7 Å². The van der Waals surface area contributed by atoms with Crippen molar-refractivity contribution in [2.24, 2.45) is 23.7 Å². The minimum Gasteiger partial charge on any atom is -0.462 e. The number of rotatable bonds is 74. The Morgan fingerprint density at radius 3 is 0.740 bits per heavy atom. The number of carbonyl (C=O) groups excluding carboxylic acids is 4. The van der Waals surface area contributed by atoms with E-state index in [0.29, 0.717) is 37.5 Å². The molecule has 0 aliphatic carbocycles. The molecule has 4 unspecified atom stereocenters. The van der Waals surface area contributed by atoms with Gasteiger partial charge in [-0.25, -0.2) is 9.13 Å². The van der Waals surface area contributed by atoms with Crippen LogP contribution < -0.4 is 0 Å². The van der Waals surface area contributed by atoms with E-state index in [1.807, 2.05) is 0 Å². The summed E-state index contributed by atoms with van der Waals surface area (Å²) in [6, 6.07) is 0. The number of phosphoric ester groups is 2. The Hall–Kier alpha value is -1.94. The van der Waals surface area contributed by atoms with E-state index < -0.39 is 97.5 Å². The van der Waals surface area contributed by atoms with Crippen LogP contribution in [0.25, 0.3) is 0 Å². The molecule has 0 aliphatic rings. The number of ether oxygens (including phenoxy) is 4. The van der Waals surface area contributed by atoms with Crippen LogP contribution in [0.4, 0.5) is 0 Å². The summed E-state index contributed by atoms with van der Waals surface area (Å²) in [6.45, 7) is 14.1. The molecule has 570 valence electrons. The molecule has 0 aromatic rings. The molecule has 0 aliphatic heterocycles. The van der Waals surface area contributed by atoms with E-state index in [-0.39, 0.29) is 25.7 Å². The molecule has 19 heteroatoms. The van der Waals surface area contributed by atoms with Gasteiger partial charge in [-0.3, -0.25) is 37.3 Å². The third kappa shape index (κ3) is 69.2. The molecule has 0 heterocycles. The Bertz CT molecular complexity index is 1890. The monoisotopic (exact) mass is 1410 g/mol. The fourth-order valence-electron chi connectivity index (χ4n) is 11.7. The van der Waals surface area contributed by atoms with Crippen molar-refractivity contribution >= 4 is 39.5 Å². The second kappa shape index (κ2) is 66.3. The van der Waals surface area contributed by atoms with Gasteiger partial charge in [-0.2, -0.15) is 0 Å². The topological polar surface area (TPSA) is 237 Å². The fraction of sp³-hybridized carbons (Fsp3) is 0.948. The lowest BCUT2D eigenvalue weighted by molar-refractivity contribution is -0.161. The van der Waals surface area contributed by atoms with E-state index in [9.17, 15) is 43.2 Å². The van der Waals surface area contributed by atoms with Gasteiger partial charge in [0, 0.05) is 25.7 Å². The van der Waals surface area contributed by atoms with E-state index in [0.717, 1.165) is 108 Å². The minimum atomic E-state index is -4.96. The lowest BCUT2D eigenvalue weighted by Gasteiger charge is -2.21. The molecule has 0 spiro atoms. The first-order valence-corrected chi connectivity index (χ1v) is 42.7. The predicted octanol–water partition coefficient (Wildman–Crippen LogP) is 22.4. The largest absolute Gasteiger partial charge is 0.472 e. The summed E-state index contributed by atoms with van der Waals surface area (Å²) in [4.78, 5) is 72.7. The van der Waals surface area contributed by atoms with Crippen molar-refractivity contribution < 1.29 is 80.2 Å². The number of phosphoric acid groups is 2. The summed E-state index contributed by atoms with van der Waals surface area (Å²) in [6.07, 6.45) is 51.7. The van der Waals surface area contributed by atoms with E-state index in [1.54, 1.807) is 0 Å². The smallest absolute Gasteiger partial charge is 0.462 e. The van der Waals surface area contributed by atoms with Crippen LogP contribution in [-0.2, 0) is 65.4 Å². The molecule has 0 fully saturated rings. The second-order valence-electron chi connectivity index (χ2n) is 29.4. The Balaban J connectivity index is 5.11. The summed E-state index contributed by atoms with van der Waals surface area (Å²) in [5.41, 5.74) is 0. The molecule has 0 rings (SSSR count). The van der Waals surface area contributed by atoms with E-state index in [1.165, 1.54) is 186 Å². The SMILES string of the molecule is CCC(C)CCCCCCCCCCCCCCCCCCCCC(=O)OC[C@H](COP(=O)(O)OCC(O)COP(=O)(O)OC[C@@H](COC(=O)CCCCCCCCCC(C)C)OC(=O)CCCCCCCCCCCCCCC(C)C)OC(=O)CCCCCCCCC(C)C. The normalized spacial score (nSPS) is 14.4. The van der Waals surface area contributed by atoms with Gasteiger partial charge in [0.2, 0.25) is 0 Å². The Labute approximate surface area is 588 Å². The number of hydrogen-bond donors (Lipinski definition) is 3. The first-order valence-electron chi connectivity index (χ1n) is 39.7. The van der Waals surface area contributed by atoms with Crippen molar-refractivity contribution in [3.8, 4) is 0 Å². The lowest BCUT2D eigenvalue weighted by atomic mass is 9.99. The van der Waals surface area contributed by atoms with E-state index in [4.69, 9.17) is 37.0 Å². The van der Waals surface area contributed by atoms with Crippen LogP contribution in [0.15, 0.2) is 0 Å². The molecule has 3 N–H and O–H groups in total. The maximum absolute atomic E-state index is 13.0. The van der Waals surface area contributed by atoms with Gasteiger partial charge < -0.3 is 33.8 Å². The van der Waals surface area contributed by atoms with Gasteiger partial charge in [-0.1, -0.05) is 338 Å². The van der Waals surface area contributed by atoms with Crippen LogP contribution in [0, 0.1) is 23.7 Å². The van der Waals surface area contributed by atoms with Gasteiger partial charge in [-0.05, 0) is 49.4 Å². The maximum atomic E-state index is 13.0. The van der Waals surface area contributed by atoms with Crippen LogP contribution in [0.3, 0.4) is 0 Å².